The van der Waals surface area contributed by atoms with Gasteiger partial charge in [0.15, 0.2) is 0 Å². The summed E-state index contributed by atoms with van der Waals surface area (Å²) in [4.78, 5) is 25.4. The van der Waals surface area contributed by atoms with Crippen LogP contribution in [0.4, 0.5) is 4.39 Å². The average molecular weight is 334 g/mol. The summed E-state index contributed by atoms with van der Waals surface area (Å²) in [6.07, 6.45) is 3.23. The molecule has 2 amide bonds. The fourth-order valence-corrected chi connectivity index (χ4v) is 3.07. The van der Waals surface area contributed by atoms with Crippen molar-refractivity contribution in [2.45, 2.75) is 50.7 Å². The Labute approximate surface area is 140 Å². The van der Waals surface area contributed by atoms with Gasteiger partial charge < -0.3 is 15.3 Å². The lowest BCUT2D eigenvalue weighted by molar-refractivity contribution is -0.142. The van der Waals surface area contributed by atoms with Crippen LogP contribution in [-0.4, -0.2) is 41.0 Å². The molecule has 0 radical (unpaired) electrons. The normalized spacial score (nSPS) is 21.5. The lowest BCUT2D eigenvalue weighted by Gasteiger charge is -2.21. The van der Waals surface area contributed by atoms with Crippen LogP contribution in [0.3, 0.4) is 0 Å². The summed E-state index contributed by atoms with van der Waals surface area (Å²) >= 11 is 0. The molecule has 1 heterocycles. The lowest BCUT2D eigenvalue weighted by atomic mass is 10.1. The van der Waals surface area contributed by atoms with Crippen molar-refractivity contribution in [3.63, 3.8) is 0 Å². The van der Waals surface area contributed by atoms with Gasteiger partial charge in [-0.05, 0) is 49.7 Å². The predicted octanol–water partition coefficient (Wildman–Crippen LogP) is 1.69. The first-order valence-corrected chi connectivity index (χ1v) is 8.56. The number of likely N-dealkylation sites (tertiary alicyclic amines) is 1. The highest BCUT2D eigenvalue weighted by Gasteiger charge is 2.27. The van der Waals surface area contributed by atoms with Crippen LogP contribution >= 0.6 is 0 Å². The first-order chi connectivity index (χ1) is 11.5. The van der Waals surface area contributed by atoms with Crippen molar-refractivity contribution >= 4 is 11.8 Å². The maximum Gasteiger partial charge on any atom is 0.251 e. The van der Waals surface area contributed by atoms with E-state index in [1.165, 1.54) is 11.0 Å². The minimum atomic E-state index is -1.02. The second kappa shape index (κ2) is 7.30. The zero-order valence-corrected chi connectivity index (χ0v) is 13.6. The van der Waals surface area contributed by atoms with E-state index in [1.807, 2.05) is 6.07 Å². The van der Waals surface area contributed by atoms with Crippen molar-refractivity contribution in [2.24, 2.45) is 0 Å². The molecule has 1 unspecified atom stereocenters. The van der Waals surface area contributed by atoms with E-state index in [9.17, 15) is 19.1 Å². The van der Waals surface area contributed by atoms with E-state index in [0.29, 0.717) is 24.4 Å². The molecule has 24 heavy (non-hydrogen) atoms. The second-order valence-electron chi connectivity index (χ2n) is 6.67. The van der Waals surface area contributed by atoms with Gasteiger partial charge >= 0.3 is 0 Å². The van der Waals surface area contributed by atoms with E-state index in [-0.39, 0.29) is 24.8 Å². The number of nitrogens with one attached hydrogen (secondary N) is 1. The van der Waals surface area contributed by atoms with Gasteiger partial charge in [-0.3, -0.25) is 9.59 Å². The third-order valence-corrected chi connectivity index (χ3v) is 4.68. The van der Waals surface area contributed by atoms with Crippen molar-refractivity contribution in [1.82, 2.24) is 10.2 Å². The highest BCUT2D eigenvalue weighted by atomic mass is 19.1. The van der Waals surface area contributed by atoms with Crippen molar-refractivity contribution in [1.29, 1.82) is 0 Å². The number of rotatable bonds is 5. The molecule has 1 aromatic rings. The van der Waals surface area contributed by atoms with Gasteiger partial charge in [0, 0.05) is 18.7 Å². The SMILES string of the molecule is O=C(CN1CCCCC(O)C1=O)NCc1cc(C2CC2)ccc1F. The molecule has 0 aromatic heterocycles. The Morgan fingerprint density at radius 3 is 2.83 bits per heavy atom. The molecule has 0 bridgehead atoms. The number of hydrogen-bond donors (Lipinski definition) is 2. The standard InChI is InChI=1S/C18H23FN2O3/c19-15-7-6-13(12-4-5-12)9-14(15)10-20-17(23)11-21-8-2-1-3-16(22)18(21)24/h6-7,9,12,16,22H,1-5,8,10-11H2,(H,20,23). The molecular formula is C18H23FN2O3. The summed E-state index contributed by atoms with van der Waals surface area (Å²) in [5, 5.41) is 12.4. The van der Waals surface area contributed by atoms with Crippen molar-refractivity contribution < 1.29 is 19.1 Å². The van der Waals surface area contributed by atoms with Crippen LogP contribution < -0.4 is 5.32 Å². The van der Waals surface area contributed by atoms with E-state index in [1.54, 1.807) is 6.07 Å². The van der Waals surface area contributed by atoms with Gasteiger partial charge in [0.2, 0.25) is 5.91 Å². The fraction of sp³-hybridized carbons (Fsp3) is 0.556. The van der Waals surface area contributed by atoms with Crippen LogP contribution in [0.5, 0.6) is 0 Å². The van der Waals surface area contributed by atoms with E-state index in [2.05, 4.69) is 5.32 Å². The zero-order chi connectivity index (χ0) is 17.1. The highest BCUT2D eigenvalue weighted by molar-refractivity contribution is 5.87. The molecule has 130 valence electrons. The third-order valence-electron chi connectivity index (χ3n) is 4.68. The van der Waals surface area contributed by atoms with E-state index < -0.39 is 12.0 Å². The zero-order valence-electron chi connectivity index (χ0n) is 13.6. The third kappa shape index (κ3) is 4.12. The van der Waals surface area contributed by atoms with Crippen molar-refractivity contribution in [2.75, 3.05) is 13.1 Å². The number of carbonyl (C=O) groups is 2. The number of carbonyl (C=O) groups excluding carboxylic acids is 2. The highest BCUT2D eigenvalue weighted by Crippen LogP contribution is 2.40. The Morgan fingerprint density at radius 2 is 2.08 bits per heavy atom. The van der Waals surface area contributed by atoms with Gasteiger partial charge in [0.25, 0.3) is 5.91 Å². The number of nitrogens with zero attached hydrogens (tertiary/aromatic N) is 1. The summed E-state index contributed by atoms with van der Waals surface area (Å²) in [6, 6.07) is 5.06. The average Bonchev–Trinajstić information content (AvgIpc) is 3.41. The fourth-order valence-electron chi connectivity index (χ4n) is 3.07. The van der Waals surface area contributed by atoms with Gasteiger partial charge in [-0.1, -0.05) is 12.1 Å². The number of aliphatic hydroxyl groups is 1. The van der Waals surface area contributed by atoms with Crippen LogP contribution in [0.1, 0.15) is 49.1 Å². The topological polar surface area (TPSA) is 69.6 Å². The summed E-state index contributed by atoms with van der Waals surface area (Å²) in [7, 11) is 0. The summed E-state index contributed by atoms with van der Waals surface area (Å²) in [5.74, 6) is -0.546. The number of aliphatic hydroxyl groups excluding tert-OH is 1. The maximum absolute atomic E-state index is 13.9. The maximum atomic E-state index is 13.9. The van der Waals surface area contributed by atoms with Crippen LogP contribution in [-0.2, 0) is 16.1 Å². The summed E-state index contributed by atoms with van der Waals surface area (Å²) in [6.45, 7) is 0.477. The Bertz CT molecular complexity index is 631. The first-order valence-electron chi connectivity index (χ1n) is 8.56. The minimum Gasteiger partial charge on any atom is -0.383 e. The molecule has 1 aromatic carbocycles. The number of amides is 2. The van der Waals surface area contributed by atoms with E-state index >= 15 is 0 Å². The first kappa shape index (κ1) is 16.9. The molecule has 2 fully saturated rings. The number of halogens is 1. The van der Waals surface area contributed by atoms with Gasteiger partial charge in [-0.15, -0.1) is 0 Å². The number of hydrogen-bond acceptors (Lipinski definition) is 3. The second-order valence-corrected chi connectivity index (χ2v) is 6.67. The summed E-state index contributed by atoms with van der Waals surface area (Å²) in [5.41, 5.74) is 1.58. The molecule has 1 aliphatic carbocycles. The predicted molar refractivity (Wildman–Crippen MR) is 86.7 cm³/mol. The molecule has 2 N–H and O–H groups in total. The number of benzene rings is 1. The molecule has 1 aliphatic heterocycles. The van der Waals surface area contributed by atoms with Crippen molar-refractivity contribution in [3.8, 4) is 0 Å². The molecule has 6 heteroatoms. The van der Waals surface area contributed by atoms with Gasteiger partial charge in [-0.2, -0.15) is 0 Å². The Balaban J connectivity index is 1.55. The van der Waals surface area contributed by atoms with Gasteiger partial charge in [-0.25, -0.2) is 4.39 Å². The largest absolute Gasteiger partial charge is 0.383 e. The molecule has 1 atom stereocenters. The molecule has 5 nitrogen and oxygen atoms in total. The Kier molecular flexibility index (Phi) is 5.14. The lowest BCUT2D eigenvalue weighted by Crippen LogP contribution is -2.44. The van der Waals surface area contributed by atoms with Crippen LogP contribution in [0, 0.1) is 5.82 Å². The van der Waals surface area contributed by atoms with Crippen LogP contribution in [0.15, 0.2) is 18.2 Å². The van der Waals surface area contributed by atoms with E-state index in [0.717, 1.165) is 31.2 Å². The van der Waals surface area contributed by atoms with Crippen LogP contribution in [0.2, 0.25) is 0 Å². The van der Waals surface area contributed by atoms with Crippen LogP contribution in [0.25, 0.3) is 0 Å². The molecule has 0 spiro atoms. The Morgan fingerprint density at radius 1 is 1.29 bits per heavy atom. The quantitative estimate of drug-likeness (QED) is 0.861. The van der Waals surface area contributed by atoms with Crippen molar-refractivity contribution in [3.05, 3.63) is 35.1 Å². The van der Waals surface area contributed by atoms with Gasteiger partial charge in [0.05, 0.1) is 6.54 Å². The monoisotopic (exact) mass is 334 g/mol. The summed E-state index contributed by atoms with van der Waals surface area (Å²) < 4.78 is 13.9. The van der Waals surface area contributed by atoms with E-state index in [4.69, 9.17) is 0 Å². The Hall–Kier alpha value is -1.95. The molecular weight excluding hydrogens is 311 g/mol. The molecule has 2 aliphatic rings. The smallest absolute Gasteiger partial charge is 0.251 e. The molecule has 3 rings (SSSR count). The molecule has 1 saturated carbocycles. The van der Waals surface area contributed by atoms with Gasteiger partial charge in [0.1, 0.15) is 11.9 Å². The minimum absolute atomic E-state index is 0.0974. The molecule has 1 saturated heterocycles.